The molecular weight excluding hydrogens is 308 g/mol. The molecule has 0 N–H and O–H groups in total. The molecule has 0 aliphatic carbocycles. The maximum Gasteiger partial charge on any atom is 0.187 e. The van der Waals surface area contributed by atoms with E-state index in [1.54, 1.807) is 29.6 Å². The van der Waals surface area contributed by atoms with Crippen molar-refractivity contribution >= 4 is 40.1 Å². The number of fused-ring (bicyclic) bond motifs is 2. The highest BCUT2D eigenvalue weighted by molar-refractivity contribution is 8.24. The SMILES string of the molecule is O=C(C=C1Sc2ccccc2S1)c1ccc2ccccc2c1. The third-order valence-electron chi connectivity index (χ3n) is 3.55. The van der Waals surface area contributed by atoms with Gasteiger partial charge in [-0.3, -0.25) is 4.79 Å². The lowest BCUT2D eigenvalue weighted by Gasteiger charge is -2.01. The highest BCUT2D eigenvalue weighted by Gasteiger charge is 2.18. The summed E-state index contributed by atoms with van der Waals surface area (Å²) in [4.78, 5) is 14.9. The van der Waals surface area contributed by atoms with Gasteiger partial charge in [0.1, 0.15) is 0 Å². The van der Waals surface area contributed by atoms with E-state index >= 15 is 0 Å². The van der Waals surface area contributed by atoms with Gasteiger partial charge >= 0.3 is 0 Å². The summed E-state index contributed by atoms with van der Waals surface area (Å²) in [6, 6.07) is 22.2. The molecule has 1 aliphatic rings. The summed E-state index contributed by atoms with van der Waals surface area (Å²) in [5.74, 6) is 0.0635. The van der Waals surface area contributed by atoms with Crippen LogP contribution in [-0.4, -0.2) is 5.78 Å². The van der Waals surface area contributed by atoms with Gasteiger partial charge in [-0.05, 0) is 29.0 Å². The molecule has 0 saturated heterocycles. The van der Waals surface area contributed by atoms with Gasteiger partial charge < -0.3 is 0 Å². The van der Waals surface area contributed by atoms with Gasteiger partial charge in [0, 0.05) is 21.4 Å². The lowest BCUT2D eigenvalue weighted by Crippen LogP contribution is -1.94. The number of thioether (sulfide) groups is 2. The molecule has 106 valence electrons. The second kappa shape index (κ2) is 5.67. The molecule has 0 atom stereocenters. The quantitative estimate of drug-likeness (QED) is 0.441. The van der Waals surface area contributed by atoms with E-state index in [1.807, 2.05) is 48.5 Å². The molecule has 1 nitrogen and oxygen atoms in total. The molecule has 3 heteroatoms. The Hall–Kier alpha value is -1.97. The molecule has 3 aromatic rings. The molecule has 1 heterocycles. The first-order valence-corrected chi connectivity index (χ1v) is 8.62. The fraction of sp³-hybridized carbons (Fsp3) is 0. The van der Waals surface area contributed by atoms with Crippen molar-refractivity contribution in [1.82, 2.24) is 0 Å². The molecule has 0 amide bonds. The van der Waals surface area contributed by atoms with Crippen LogP contribution < -0.4 is 0 Å². The van der Waals surface area contributed by atoms with Crippen LogP contribution in [0.25, 0.3) is 10.8 Å². The van der Waals surface area contributed by atoms with E-state index in [0.717, 1.165) is 20.6 Å². The third kappa shape index (κ3) is 2.58. The first-order chi connectivity index (χ1) is 10.8. The van der Waals surface area contributed by atoms with Crippen LogP contribution in [0, 0.1) is 0 Å². The average Bonchev–Trinajstić information content (AvgIpc) is 2.96. The third-order valence-corrected chi connectivity index (χ3v) is 5.97. The molecule has 4 rings (SSSR count). The number of hydrogen-bond acceptors (Lipinski definition) is 3. The van der Waals surface area contributed by atoms with Crippen LogP contribution >= 0.6 is 23.5 Å². The van der Waals surface area contributed by atoms with E-state index in [0.29, 0.717) is 0 Å². The van der Waals surface area contributed by atoms with Crippen molar-refractivity contribution in [2.45, 2.75) is 9.79 Å². The molecular formula is C19H12OS2. The Morgan fingerprint density at radius 3 is 2.14 bits per heavy atom. The number of carbonyl (C=O) groups is 1. The molecule has 3 aromatic carbocycles. The molecule has 0 fully saturated rings. The van der Waals surface area contributed by atoms with Crippen LogP contribution in [0.15, 0.2) is 86.8 Å². The summed E-state index contributed by atoms with van der Waals surface area (Å²) in [5, 5.41) is 2.26. The second-order valence-electron chi connectivity index (χ2n) is 5.04. The van der Waals surface area contributed by atoms with Crippen molar-refractivity contribution in [2.24, 2.45) is 0 Å². The number of ketones is 1. The van der Waals surface area contributed by atoms with Crippen LogP contribution in [0.1, 0.15) is 10.4 Å². The summed E-state index contributed by atoms with van der Waals surface area (Å²) >= 11 is 3.33. The highest BCUT2D eigenvalue weighted by Crippen LogP contribution is 2.50. The lowest BCUT2D eigenvalue weighted by molar-refractivity contribution is 0.104. The largest absolute Gasteiger partial charge is 0.289 e. The van der Waals surface area contributed by atoms with Gasteiger partial charge in [0.15, 0.2) is 5.78 Å². The molecule has 0 spiro atoms. The van der Waals surface area contributed by atoms with Gasteiger partial charge in [-0.2, -0.15) is 0 Å². The summed E-state index contributed by atoms with van der Waals surface area (Å²) in [6.07, 6.45) is 1.75. The van der Waals surface area contributed by atoms with Crippen LogP contribution in [0.5, 0.6) is 0 Å². The van der Waals surface area contributed by atoms with Crippen molar-refractivity contribution in [1.29, 1.82) is 0 Å². The maximum absolute atomic E-state index is 12.5. The van der Waals surface area contributed by atoms with Crippen LogP contribution in [0.4, 0.5) is 0 Å². The zero-order chi connectivity index (χ0) is 14.9. The smallest absolute Gasteiger partial charge is 0.187 e. The van der Waals surface area contributed by atoms with Gasteiger partial charge in [-0.25, -0.2) is 0 Å². The van der Waals surface area contributed by atoms with Crippen LogP contribution in [0.2, 0.25) is 0 Å². The Morgan fingerprint density at radius 1 is 0.773 bits per heavy atom. The van der Waals surface area contributed by atoms with Gasteiger partial charge in [-0.1, -0.05) is 72.1 Å². The van der Waals surface area contributed by atoms with E-state index in [2.05, 4.69) is 18.2 Å². The standard InChI is InChI=1S/C19H12OS2/c20-16(12-19-21-17-7-3-4-8-18(17)22-19)15-10-9-13-5-1-2-6-14(13)11-15/h1-12H. The Morgan fingerprint density at radius 2 is 1.41 bits per heavy atom. The van der Waals surface area contributed by atoms with E-state index in [1.165, 1.54) is 9.79 Å². The summed E-state index contributed by atoms with van der Waals surface area (Å²) in [7, 11) is 0. The first-order valence-electron chi connectivity index (χ1n) is 6.99. The summed E-state index contributed by atoms with van der Waals surface area (Å²) < 4.78 is 1.04. The number of allylic oxidation sites excluding steroid dienone is 1. The minimum atomic E-state index is 0.0635. The summed E-state index contributed by atoms with van der Waals surface area (Å²) in [5.41, 5.74) is 0.739. The van der Waals surface area contributed by atoms with Crippen molar-refractivity contribution in [3.8, 4) is 0 Å². The minimum absolute atomic E-state index is 0.0635. The van der Waals surface area contributed by atoms with Crippen molar-refractivity contribution in [3.63, 3.8) is 0 Å². The highest BCUT2D eigenvalue weighted by atomic mass is 32.2. The van der Waals surface area contributed by atoms with Gasteiger partial charge in [0.05, 0.1) is 4.24 Å². The van der Waals surface area contributed by atoms with Gasteiger partial charge in [0.25, 0.3) is 0 Å². The predicted molar refractivity (Wildman–Crippen MR) is 94.5 cm³/mol. The summed E-state index contributed by atoms with van der Waals surface area (Å²) in [6.45, 7) is 0. The zero-order valence-electron chi connectivity index (χ0n) is 11.7. The predicted octanol–water partition coefficient (Wildman–Crippen LogP) is 5.76. The number of benzene rings is 3. The normalized spacial score (nSPS) is 13.2. The fourth-order valence-electron chi connectivity index (χ4n) is 2.45. The monoisotopic (exact) mass is 320 g/mol. The van der Waals surface area contributed by atoms with Gasteiger partial charge in [-0.15, -0.1) is 0 Å². The van der Waals surface area contributed by atoms with Crippen LogP contribution in [0.3, 0.4) is 0 Å². The Kier molecular flexibility index (Phi) is 3.53. The Labute approximate surface area is 137 Å². The van der Waals surface area contributed by atoms with E-state index in [-0.39, 0.29) is 5.78 Å². The average molecular weight is 320 g/mol. The molecule has 0 aromatic heterocycles. The number of carbonyl (C=O) groups excluding carboxylic acids is 1. The molecule has 0 unspecified atom stereocenters. The van der Waals surface area contributed by atoms with E-state index < -0.39 is 0 Å². The van der Waals surface area contributed by atoms with E-state index in [4.69, 9.17) is 0 Å². The molecule has 0 radical (unpaired) electrons. The van der Waals surface area contributed by atoms with Crippen molar-refractivity contribution < 1.29 is 4.79 Å². The number of rotatable bonds is 2. The van der Waals surface area contributed by atoms with Crippen molar-refractivity contribution in [2.75, 3.05) is 0 Å². The molecule has 1 aliphatic heterocycles. The molecule has 0 saturated carbocycles. The van der Waals surface area contributed by atoms with Crippen LogP contribution in [-0.2, 0) is 0 Å². The van der Waals surface area contributed by atoms with Gasteiger partial charge in [0.2, 0.25) is 0 Å². The molecule has 0 bridgehead atoms. The number of hydrogen-bond donors (Lipinski definition) is 0. The van der Waals surface area contributed by atoms with E-state index in [9.17, 15) is 4.79 Å². The second-order valence-corrected chi connectivity index (χ2v) is 7.47. The van der Waals surface area contributed by atoms with Crippen molar-refractivity contribution in [3.05, 3.63) is 82.6 Å². The zero-order valence-corrected chi connectivity index (χ0v) is 13.3. The maximum atomic E-state index is 12.5. The molecule has 22 heavy (non-hydrogen) atoms. The first kappa shape index (κ1) is 13.7. The Bertz CT molecular complexity index is 885. The topological polar surface area (TPSA) is 17.1 Å². The fourth-order valence-corrected chi connectivity index (χ4v) is 4.80. The lowest BCUT2D eigenvalue weighted by atomic mass is 10.0. The Balaban J connectivity index is 1.63. The minimum Gasteiger partial charge on any atom is -0.289 e.